The first-order chi connectivity index (χ1) is 14.2. The van der Waals surface area contributed by atoms with E-state index in [0.717, 1.165) is 39.3 Å². The molecular weight excluding hydrogens is 364 g/mol. The fourth-order valence-corrected chi connectivity index (χ4v) is 3.28. The lowest BCUT2D eigenvalue weighted by Crippen LogP contribution is -2.11. The summed E-state index contributed by atoms with van der Waals surface area (Å²) in [6, 6.07) is 17.5. The van der Waals surface area contributed by atoms with Crippen LogP contribution in [0.25, 0.3) is 22.3 Å². The Bertz CT molecular complexity index is 1130. The van der Waals surface area contributed by atoms with Crippen molar-refractivity contribution in [2.45, 2.75) is 13.0 Å². The number of fused-ring (bicyclic) bond motifs is 1. The van der Waals surface area contributed by atoms with Crippen molar-refractivity contribution in [3.8, 4) is 22.9 Å². The fraction of sp³-hybridized carbons (Fsp3) is 0.174. The molecule has 6 heteroatoms. The molecule has 2 aromatic carbocycles. The Labute approximate surface area is 169 Å². The maximum absolute atomic E-state index is 5.55. The van der Waals surface area contributed by atoms with Crippen molar-refractivity contribution in [2.75, 3.05) is 19.5 Å². The van der Waals surface area contributed by atoms with Crippen molar-refractivity contribution in [3.05, 3.63) is 72.6 Å². The molecule has 0 saturated heterocycles. The normalized spacial score (nSPS) is 11.8. The maximum Gasteiger partial charge on any atom is 0.162 e. The SMILES string of the molecule is COc1ccc(OC)c(C(C)Nc2nc(-c3ccncc3)nc3ccccc23)c1. The van der Waals surface area contributed by atoms with Crippen LogP contribution in [-0.2, 0) is 0 Å². The number of hydrogen-bond donors (Lipinski definition) is 1. The molecule has 29 heavy (non-hydrogen) atoms. The van der Waals surface area contributed by atoms with Crippen molar-refractivity contribution in [1.29, 1.82) is 0 Å². The third-order valence-corrected chi connectivity index (χ3v) is 4.80. The summed E-state index contributed by atoms with van der Waals surface area (Å²) in [5.41, 5.74) is 2.78. The van der Waals surface area contributed by atoms with Gasteiger partial charge in [0, 0.05) is 28.9 Å². The standard InChI is InChI=1S/C23H22N4O2/c1-15(19-14-17(28-2)8-9-21(19)29-3)25-23-18-6-4-5-7-20(18)26-22(27-23)16-10-12-24-13-11-16/h4-15H,1-3H3,(H,25,26,27). The van der Waals surface area contributed by atoms with Gasteiger partial charge in [-0.05, 0) is 49.4 Å². The van der Waals surface area contributed by atoms with E-state index in [0.29, 0.717) is 5.82 Å². The first-order valence-electron chi connectivity index (χ1n) is 9.35. The zero-order chi connectivity index (χ0) is 20.2. The monoisotopic (exact) mass is 386 g/mol. The second kappa shape index (κ2) is 8.14. The molecule has 1 unspecified atom stereocenters. The molecule has 0 fully saturated rings. The van der Waals surface area contributed by atoms with Crippen molar-refractivity contribution in [2.24, 2.45) is 0 Å². The number of rotatable bonds is 6. The summed E-state index contributed by atoms with van der Waals surface area (Å²) in [5, 5.41) is 4.49. The number of ether oxygens (including phenoxy) is 2. The Balaban J connectivity index is 1.78. The summed E-state index contributed by atoms with van der Waals surface area (Å²) < 4.78 is 10.9. The van der Waals surface area contributed by atoms with Crippen molar-refractivity contribution >= 4 is 16.7 Å². The molecule has 0 spiro atoms. The van der Waals surface area contributed by atoms with Gasteiger partial charge >= 0.3 is 0 Å². The average Bonchev–Trinajstić information content (AvgIpc) is 2.79. The molecule has 4 aromatic rings. The van der Waals surface area contributed by atoms with Crippen LogP contribution in [0.5, 0.6) is 11.5 Å². The van der Waals surface area contributed by atoms with Crippen molar-refractivity contribution in [1.82, 2.24) is 15.0 Å². The van der Waals surface area contributed by atoms with Crippen molar-refractivity contribution < 1.29 is 9.47 Å². The molecule has 0 bridgehead atoms. The van der Waals surface area contributed by atoms with Crippen LogP contribution in [0.4, 0.5) is 5.82 Å². The van der Waals surface area contributed by atoms with E-state index in [9.17, 15) is 0 Å². The van der Waals surface area contributed by atoms with Crippen LogP contribution in [0.15, 0.2) is 67.0 Å². The van der Waals surface area contributed by atoms with E-state index in [1.807, 2.05) is 54.6 Å². The van der Waals surface area contributed by atoms with E-state index in [-0.39, 0.29) is 6.04 Å². The minimum absolute atomic E-state index is 0.0661. The Morgan fingerprint density at radius 2 is 1.69 bits per heavy atom. The minimum Gasteiger partial charge on any atom is -0.497 e. The van der Waals surface area contributed by atoms with E-state index < -0.39 is 0 Å². The largest absolute Gasteiger partial charge is 0.497 e. The number of para-hydroxylation sites is 1. The van der Waals surface area contributed by atoms with E-state index in [1.165, 1.54) is 0 Å². The lowest BCUT2D eigenvalue weighted by atomic mass is 10.1. The zero-order valence-corrected chi connectivity index (χ0v) is 16.6. The molecule has 146 valence electrons. The van der Waals surface area contributed by atoms with Crippen LogP contribution in [0.2, 0.25) is 0 Å². The van der Waals surface area contributed by atoms with E-state index >= 15 is 0 Å². The summed E-state index contributed by atoms with van der Waals surface area (Å²) in [4.78, 5) is 13.6. The molecule has 4 rings (SSSR count). The van der Waals surface area contributed by atoms with Crippen LogP contribution >= 0.6 is 0 Å². The summed E-state index contributed by atoms with van der Waals surface area (Å²) >= 11 is 0. The number of hydrogen-bond acceptors (Lipinski definition) is 6. The van der Waals surface area contributed by atoms with Gasteiger partial charge in [0.05, 0.1) is 25.8 Å². The van der Waals surface area contributed by atoms with E-state index in [1.54, 1.807) is 26.6 Å². The Hall–Kier alpha value is -3.67. The quantitative estimate of drug-likeness (QED) is 0.509. The molecule has 0 aliphatic heterocycles. The van der Waals surface area contributed by atoms with Crippen LogP contribution in [0, 0.1) is 0 Å². The van der Waals surface area contributed by atoms with E-state index in [2.05, 4.69) is 17.2 Å². The molecule has 0 aliphatic carbocycles. The molecule has 0 aliphatic rings. The van der Waals surface area contributed by atoms with Gasteiger partial charge in [0.15, 0.2) is 5.82 Å². The molecule has 0 radical (unpaired) electrons. The van der Waals surface area contributed by atoms with Crippen LogP contribution in [0.3, 0.4) is 0 Å². The highest BCUT2D eigenvalue weighted by Crippen LogP contribution is 2.33. The number of pyridine rings is 1. The molecule has 0 saturated carbocycles. The predicted molar refractivity (Wildman–Crippen MR) is 114 cm³/mol. The summed E-state index contributed by atoms with van der Waals surface area (Å²) in [7, 11) is 3.32. The van der Waals surface area contributed by atoms with Crippen LogP contribution < -0.4 is 14.8 Å². The first-order valence-corrected chi connectivity index (χ1v) is 9.35. The number of methoxy groups -OCH3 is 2. The third kappa shape index (κ3) is 3.82. The Morgan fingerprint density at radius 1 is 0.897 bits per heavy atom. The topological polar surface area (TPSA) is 69.2 Å². The lowest BCUT2D eigenvalue weighted by molar-refractivity contribution is 0.397. The van der Waals surface area contributed by atoms with Gasteiger partial charge in [0.2, 0.25) is 0 Å². The molecule has 0 amide bonds. The van der Waals surface area contributed by atoms with Gasteiger partial charge in [-0.3, -0.25) is 4.98 Å². The molecule has 1 N–H and O–H groups in total. The number of nitrogens with zero attached hydrogens (tertiary/aromatic N) is 3. The number of aromatic nitrogens is 3. The van der Waals surface area contributed by atoms with Gasteiger partial charge in [-0.15, -0.1) is 0 Å². The van der Waals surface area contributed by atoms with Gasteiger partial charge in [-0.25, -0.2) is 9.97 Å². The third-order valence-electron chi connectivity index (χ3n) is 4.80. The zero-order valence-electron chi connectivity index (χ0n) is 16.6. The summed E-state index contributed by atoms with van der Waals surface area (Å²) in [5.74, 6) is 2.98. The van der Waals surface area contributed by atoms with Gasteiger partial charge in [0.25, 0.3) is 0 Å². The highest BCUT2D eigenvalue weighted by Gasteiger charge is 2.16. The van der Waals surface area contributed by atoms with Gasteiger partial charge in [0.1, 0.15) is 17.3 Å². The predicted octanol–water partition coefficient (Wildman–Crippen LogP) is 4.88. The molecule has 2 heterocycles. The second-order valence-electron chi connectivity index (χ2n) is 6.62. The lowest BCUT2D eigenvalue weighted by Gasteiger charge is -2.20. The smallest absolute Gasteiger partial charge is 0.162 e. The average molecular weight is 386 g/mol. The summed E-state index contributed by atoms with van der Waals surface area (Å²) in [6.07, 6.45) is 3.48. The van der Waals surface area contributed by atoms with Crippen LogP contribution in [-0.4, -0.2) is 29.2 Å². The Morgan fingerprint density at radius 3 is 2.45 bits per heavy atom. The summed E-state index contributed by atoms with van der Waals surface area (Å²) in [6.45, 7) is 2.07. The van der Waals surface area contributed by atoms with Crippen LogP contribution in [0.1, 0.15) is 18.5 Å². The minimum atomic E-state index is -0.0661. The molecule has 6 nitrogen and oxygen atoms in total. The maximum atomic E-state index is 5.55. The highest BCUT2D eigenvalue weighted by atomic mass is 16.5. The second-order valence-corrected chi connectivity index (χ2v) is 6.62. The first kappa shape index (κ1) is 18.7. The number of benzene rings is 2. The molecule has 1 atom stereocenters. The fourth-order valence-electron chi connectivity index (χ4n) is 3.28. The van der Waals surface area contributed by atoms with Gasteiger partial charge in [-0.2, -0.15) is 0 Å². The molecular formula is C23H22N4O2. The number of nitrogens with one attached hydrogen (secondary N) is 1. The molecule has 2 aromatic heterocycles. The van der Waals surface area contributed by atoms with Gasteiger partial charge < -0.3 is 14.8 Å². The van der Waals surface area contributed by atoms with E-state index in [4.69, 9.17) is 19.4 Å². The van der Waals surface area contributed by atoms with Crippen molar-refractivity contribution in [3.63, 3.8) is 0 Å². The Kier molecular flexibility index (Phi) is 5.24. The number of anilines is 1. The highest BCUT2D eigenvalue weighted by molar-refractivity contribution is 5.90. The van der Waals surface area contributed by atoms with Gasteiger partial charge in [-0.1, -0.05) is 12.1 Å².